The standard InChI is InChI=1S/C49H30N2O2S/c1-3-13-31(14-4-1)36-17-7-10-20-42(36)51(35-27-28-44-40(29-35)37-18-8-11-21-43(37)52-44)34-25-23-32(24-26-34)39-30-41-47(53-49(50-41)33-15-5-2-6-16-33)46-38-19-9-12-22-45(38)54-48(39)46/h1-30H. The second-order valence-electron chi connectivity index (χ2n) is 13.5. The molecule has 0 amide bonds. The zero-order valence-corrected chi connectivity index (χ0v) is 29.8. The first-order valence-electron chi connectivity index (χ1n) is 18.0. The average Bonchev–Trinajstić information content (AvgIpc) is 3.95. The lowest BCUT2D eigenvalue weighted by molar-refractivity contribution is 0.623. The number of thiophene rings is 1. The Balaban J connectivity index is 1.10. The molecular weight excluding hydrogens is 681 g/mol. The van der Waals surface area contributed by atoms with Crippen molar-refractivity contribution in [2.45, 2.75) is 0 Å². The normalized spacial score (nSPS) is 11.7. The van der Waals surface area contributed by atoms with Gasteiger partial charge in [-0.25, -0.2) is 4.98 Å². The van der Waals surface area contributed by atoms with Gasteiger partial charge in [-0.15, -0.1) is 11.3 Å². The Labute approximate surface area is 314 Å². The molecule has 0 spiro atoms. The van der Waals surface area contributed by atoms with Crippen LogP contribution in [-0.4, -0.2) is 4.98 Å². The summed E-state index contributed by atoms with van der Waals surface area (Å²) in [5, 5.41) is 4.49. The highest BCUT2D eigenvalue weighted by molar-refractivity contribution is 7.26. The van der Waals surface area contributed by atoms with Crippen LogP contribution in [0.15, 0.2) is 191 Å². The van der Waals surface area contributed by atoms with Gasteiger partial charge in [0.2, 0.25) is 5.89 Å². The van der Waals surface area contributed by atoms with Crippen LogP contribution in [0.5, 0.6) is 0 Å². The minimum absolute atomic E-state index is 0.629. The Bertz CT molecular complexity index is 3160. The third-order valence-corrected chi connectivity index (χ3v) is 11.5. The Morgan fingerprint density at radius 1 is 0.463 bits per heavy atom. The number of nitrogens with zero attached hydrogens (tertiary/aromatic N) is 2. The van der Waals surface area contributed by atoms with Gasteiger partial charge in [0.15, 0.2) is 5.58 Å². The zero-order valence-electron chi connectivity index (χ0n) is 28.9. The second-order valence-corrected chi connectivity index (χ2v) is 14.6. The number of benzene rings is 8. The van der Waals surface area contributed by atoms with Crippen molar-refractivity contribution < 1.29 is 8.83 Å². The van der Waals surface area contributed by atoms with Crippen LogP contribution < -0.4 is 4.90 Å². The first-order valence-corrected chi connectivity index (χ1v) is 18.8. The third kappa shape index (κ3) is 4.94. The summed E-state index contributed by atoms with van der Waals surface area (Å²) < 4.78 is 15.2. The molecule has 0 N–H and O–H groups in total. The van der Waals surface area contributed by atoms with E-state index in [1.165, 1.54) is 14.8 Å². The number of anilines is 3. The number of oxazole rings is 1. The smallest absolute Gasteiger partial charge is 0.227 e. The van der Waals surface area contributed by atoms with Gasteiger partial charge >= 0.3 is 0 Å². The van der Waals surface area contributed by atoms with Crippen LogP contribution in [0.2, 0.25) is 0 Å². The quantitative estimate of drug-likeness (QED) is 0.172. The van der Waals surface area contributed by atoms with Crippen LogP contribution in [-0.2, 0) is 0 Å². The van der Waals surface area contributed by atoms with Crippen LogP contribution in [0.4, 0.5) is 17.1 Å². The van der Waals surface area contributed by atoms with Gasteiger partial charge in [-0.3, -0.25) is 0 Å². The van der Waals surface area contributed by atoms with E-state index in [-0.39, 0.29) is 0 Å². The molecule has 54 heavy (non-hydrogen) atoms. The van der Waals surface area contributed by atoms with E-state index >= 15 is 0 Å². The molecule has 11 aromatic rings. The minimum atomic E-state index is 0.629. The summed E-state index contributed by atoms with van der Waals surface area (Å²) in [5.74, 6) is 0.629. The Morgan fingerprint density at radius 3 is 1.94 bits per heavy atom. The van der Waals surface area contributed by atoms with Crippen LogP contribution in [0, 0.1) is 0 Å². The van der Waals surface area contributed by atoms with E-state index in [0.717, 1.165) is 83.3 Å². The van der Waals surface area contributed by atoms with Gasteiger partial charge in [-0.05, 0) is 77.9 Å². The zero-order chi connectivity index (χ0) is 35.6. The molecular formula is C49H30N2O2S. The third-order valence-electron chi connectivity index (χ3n) is 10.3. The largest absolute Gasteiger partial charge is 0.456 e. The summed E-state index contributed by atoms with van der Waals surface area (Å²) in [6, 6.07) is 63.8. The second kappa shape index (κ2) is 12.3. The van der Waals surface area contributed by atoms with Gasteiger partial charge in [-0.1, -0.05) is 115 Å². The van der Waals surface area contributed by atoms with Crippen molar-refractivity contribution in [1.82, 2.24) is 4.98 Å². The van der Waals surface area contributed by atoms with Gasteiger partial charge in [0.05, 0.1) is 5.69 Å². The molecule has 3 heterocycles. The molecule has 0 saturated carbocycles. The molecule has 0 atom stereocenters. The monoisotopic (exact) mass is 710 g/mol. The van der Waals surface area contributed by atoms with Crippen molar-refractivity contribution in [1.29, 1.82) is 0 Å². The maximum absolute atomic E-state index is 6.55. The Kier molecular flexibility index (Phi) is 7.00. The SMILES string of the molecule is c1ccc(-c2nc3cc(-c4ccc(N(c5ccc6oc7ccccc7c6c5)c5ccccc5-c5ccccc5)cc4)c4sc5ccccc5c4c3o2)cc1. The molecule has 0 radical (unpaired) electrons. The Morgan fingerprint density at radius 2 is 1.11 bits per heavy atom. The van der Waals surface area contributed by atoms with Gasteiger partial charge in [0, 0.05) is 59.0 Å². The average molecular weight is 711 g/mol. The van der Waals surface area contributed by atoms with E-state index in [2.05, 4.69) is 144 Å². The van der Waals surface area contributed by atoms with Crippen molar-refractivity contribution in [2.75, 3.05) is 4.90 Å². The highest BCUT2D eigenvalue weighted by atomic mass is 32.1. The summed E-state index contributed by atoms with van der Waals surface area (Å²) in [5.41, 5.74) is 12.2. The van der Waals surface area contributed by atoms with Crippen LogP contribution >= 0.6 is 11.3 Å². The van der Waals surface area contributed by atoms with E-state index in [1.54, 1.807) is 11.3 Å². The summed E-state index contributed by atoms with van der Waals surface area (Å²) in [4.78, 5) is 7.39. The number of furan rings is 1. The Hall–Kier alpha value is -6.95. The van der Waals surface area contributed by atoms with Crippen LogP contribution in [0.1, 0.15) is 0 Å². The van der Waals surface area contributed by atoms with E-state index < -0.39 is 0 Å². The fourth-order valence-corrected chi connectivity index (χ4v) is 9.03. The summed E-state index contributed by atoms with van der Waals surface area (Å²) in [6.07, 6.45) is 0. The number of rotatable bonds is 6. The van der Waals surface area contributed by atoms with Crippen molar-refractivity contribution in [3.8, 4) is 33.7 Å². The number of hydrogen-bond donors (Lipinski definition) is 0. The molecule has 0 aliphatic heterocycles. The predicted octanol–water partition coefficient (Wildman–Crippen LogP) is 14.6. The first-order chi connectivity index (χ1) is 26.8. The molecule has 0 fully saturated rings. The topological polar surface area (TPSA) is 42.4 Å². The summed E-state index contributed by atoms with van der Waals surface area (Å²) in [6.45, 7) is 0. The highest BCUT2D eigenvalue weighted by Gasteiger charge is 2.22. The van der Waals surface area contributed by atoms with Gasteiger partial charge in [-0.2, -0.15) is 0 Å². The lowest BCUT2D eigenvalue weighted by Crippen LogP contribution is -2.11. The molecule has 4 nitrogen and oxygen atoms in total. The van der Waals surface area contributed by atoms with Crippen molar-refractivity contribution >= 4 is 81.6 Å². The molecule has 11 rings (SSSR count). The van der Waals surface area contributed by atoms with Gasteiger partial charge < -0.3 is 13.7 Å². The molecule has 3 aromatic heterocycles. The van der Waals surface area contributed by atoms with Gasteiger partial charge in [0.25, 0.3) is 0 Å². The van der Waals surface area contributed by atoms with Crippen molar-refractivity contribution in [3.05, 3.63) is 182 Å². The maximum atomic E-state index is 6.55. The fraction of sp³-hybridized carbons (Fsp3) is 0. The molecule has 254 valence electrons. The van der Waals surface area contributed by atoms with E-state index in [9.17, 15) is 0 Å². The summed E-state index contributed by atoms with van der Waals surface area (Å²) >= 11 is 1.80. The molecule has 8 aromatic carbocycles. The number of para-hydroxylation sites is 2. The minimum Gasteiger partial charge on any atom is -0.456 e. The molecule has 0 unspecified atom stereocenters. The molecule has 0 bridgehead atoms. The van der Waals surface area contributed by atoms with E-state index in [1.807, 2.05) is 42.5 Å². The van der Waals surface area contributed by atoms with Crippen LogP contribution in [0.25, 0.3) is 86.9 Å². The molecule has 0 aliphatic rings. The highest BCUT2D eigenvalue weighted by Crippen LogP contribution is 2.47. The first kappa shape index (κ1) is 30.7. The van der Waals surface area contributed by atoms with E-state index in [0.29, 0.717) is 5.89 Å². The molecule has 0 saturated heterocycles. The number of hydrogen-bond acceptors (Lipinski definition) is 5. The molecule has 5 heteroatoms. The van der Waals surface area contributed by atoms with E-state index in [4.69, 9.17) is 13.8 Å². The lowest BCUT2D eigenvalue weighted by Gasteiger charge is -2.28. The van der Waals surface area contributed by atoms with Gasteiger partial charge in [0.1, 0.15) is 16.7 Å². The van der Waals surface area contributed by atoms with Crippen molar-refractivity contribution in [3.63, 3.8) is 0 Å². The number of aromatic nitrogens is 1. The number of fused-ring (bicyclic) bond motifs is 8. The maximum Gasteiger partial charge on any atom is 0.227 e. The van der Waals surface area contributed by atoms with Crippen molar-refractivity contribution in [2.24, 2.45) is 0 Å². The lowest BCUT2D eigenvalue weighted by atomic mass is 9.99. The molecule has 0 aliphatic carbocycles. The van der Waals surface area contributed by atoms with Crippen LogP contribution in [0.3, 0.4) is 0 Å². The fourth-order valence-electron chi connectivity index (χ4n) is 7.79. The summed E-state index contributed by atoms with van der Waals surface area (Å²) in [7, 11) is 0. The predicted molar refractivity (Wildman–Crippen MR) is 225 cm³/mol.